The number of benzene rings is 1. The first kappa shape index (κ1) is 10.8. The summed E-state index contributed by atoms with van der Waals surface area (Å²) in [5.41, 5.74) is 1.21. The van der Waals surface area contributed by atoms with Crippen molar-refractivity contribution >= 4 is 10.9 Å². The molecule has 2 aromatic rings. The summed E-state index contributed by atoms with van der Waals surface area (Å²) in [6.07, 6.45) is 1.95. The van der Waals surface area contributed by atoms with Gasteiger partial charge in [-0.2, -0.15) is 0 Å². The van der Waals surface area contributed by atoms with E-state index in [1.807, 2.05) is 32.2 Å². The third-order valence-corrected chi connectivity index (χ3v) is 1.87. The lowest BCUT2D eigenvalue weighted by molar-refractivity contribution is 0.162. The molecule has 1 heterocycles. The molecular formula is C12H17NO. The standard InChI is InChI=1S/C8H7N.C4H10O/c1-2-4-8-7(3-1)5-6-9-8;1-3-5-4-2/h1-6,9H;3-4H2,1-2H3. The predicted molar refractivity (Wildman–Crippen MR) is 60.5 cm³/mol. The van der Waals surface area contributed by atoms with Crippen LogP contribution in [0.1, 0.15) is 13.8 Å². The maximum atomic E-state index is 4.83. The zero-order chi connectivity index (χ0) is 10.2. The lowest BCUT2D eigenvalue weighted by atomic mass is 10.3. The first-order valence-corrected chi connectivity index (χ1v) is 4.98. The summed E-state index contributed by atoms with van der Waals surface area (Å²) in [4.78, 5) is 3.12. The van der Waals surface area contributed by atoms with E-state index in [0.717, 1.165) is 13.2 Å². The molecule has 0 spiro atoms. The SMILES string of the molecule is CCOCC.c1ccc2[nH]ccc2c1. The highest BCUT2D eigenvalue weighted by Gasteiger charge is 1.86. The minimum Gasteiger partial charge on any atom is -0.382 e. The summed E-state index contributed by atoms with van der Waals surface area (Å²) in [5.74, 6) is 0. The number of H-pyrrole nitrogens is 1. The van der Waals surface area contributed by atoms with Crippen molar-refractivity contribution in [3.63, 3.8) is 0 Å². The van der Waals surface area contributed by atoms with Crippen molar-refractivity contribution in [3.8, 4) is 0 Å². The van der Waals surface area contributed by atoms with E-state index in [-0.39, 0.29) is 0 Å². The monoisotopic (exact) mass is 191 g/mol. The van der Waals surface area contributed by atoms with Gasteiger partial charge in [-0.15, -0.1) is 0 Å². The Kier molecular flexibility index (Phi) is 4.79. The molecule has 0 radical (unpaired) electrons. The summed E-state index contributed by atoms with van der Waals surface area (Å²) in [6, 6.07) is 10.3. The smallest absolute Gasteiger partial charge is 0.0453 e. The highest BCUT2D eigenvalue weighted by atomic mass is 16.5. The minimum absolute atomic E-state index is 0.844. The highest BCUT2D eigenvalue weighted by Crippen LogP contribution is 2.09. The summed E-state index contributed by atoms with van der Waals surface area (Å²) < 4.78 is 4.83. The van der Waals surface area contributed by atoms with Gasteiger partial charge < -0.3 is 9.72 Å². The molecule has 0 aliphatic rings. The molecule has 0 atom stereocenters. The van der Waals surface area contributed by atoms with Crippen molar-refractivity contribution < 1.29 is 4.74 Å². The van der Waals surface area contributed by atoms with Crippen LogP contribution in [-0.4, -0.2) is 18.2 Å². The van der Waals surface area contributed by atoms with Crippen LogP contribution in [0.4, 0.5) is 0 Å². The molecule has 1 N–H and O–H groups in total. The van der Waals surface area contributed by atoms with Crippen molar-refractivity contribution in [1.82, 2.24) is 4.98 Å². The number of ether oxygens (including phenoxy) is 1. The molecule has 14 heavy (non-hydrogen) atoms. The molecular weight excluding hydrogens is 174 g/mol. The lowest BCUT2D eigenvalue weighted by Crippen LogP contribution is -1.84. The van der Waals surface area contributed by atoms with Gasteiger partial charge in [0.05, 0.1) is 0 Å². The Hall–Kier alpha value is -1.28. The molecule has 0 amide bonds. The highest BCUT2D eigenvalue weighted by molar-refractivity contribution is 5.78. The molecule has 0 saturated carbocycles. The molecule has 0 bridgehead atoms. The second-order valence-corrected chi connectivity index (χ2v) is 2.85. The van der Waals surface area contributed by atoms with Crippen molar-refractivity contribution in [2.75, 3.05) is 13.2 Å². The Bertz CT molecular complexity index is 322. The Labute approximate surface area is 84.9 Å². The average molecular weight is 191 g/mol. The van der Waals surface area contributed by atoms with Gasteiger partial charge in [0.1, 0.15) is 0 Å². The molecule has 0 fully saturated rings. The van der Waals surface area contributed by atoms with Crippen molar-refractivity contribution in [3.05, 3.63) is 36.5 Å². The van der Waals surface area contributed by atoms with E-state index in [9.17, 15) is 0 Å². The number of hydrogen-bond acceptors (Lipinski definition) is 1. The van der Waals surface area contributed by atoms with Crippen LogP contribution in [0.25, 0.3) is 10.9 Å². The van der Waals surface area contributed by atoms with Gasteiger partial charge in [0.15, 0.2) is 0 Å². The molecule has 2 heteroatoms. The summed E-state index contributed by atoms with van der Waals surface area (Å²) in [5, 5.41) is 1.28. The molecule has 0 unspecified atom stereocenters. The average Bonchev–Trinajstić information content (AvgIpc) is 2.67. The molecule has 1 aromatic heterocycles. The van der Waals surface area contributed by atoms with Crippen LogP contribution in [0, 0.1) is 0 Å². The molecule has 0 saturated heterocycles. The number of fused-ring (bicyclic) bond motifs is 1. The van der Waals surface area contributed by atoms with Crippen molar-refractivity contribution in [2.45, 2.75) is 13.8 Å². The van der Waals surface area contributed by atoms with E-state index in [2.05, 4.69) is 23.2 Å². The number of aromatic nitrogens is 1. The van der Waals surface area contributed by atoms with Crippen LogP contribution in [0.15, 0.2) is 36.5 Å². The third-order valence-electron chi connectivity index (χ3n) is 1.87. The Morgan fingerprint density at radius 1 is 1.07 bits per heavy atom. The number of nitrogens with one attached hydrogen (secondary N) is 1. The number of aromatic amines is 1. The van der Waals surface area contributed by atoms with E-state index < -0.39 is 0 Å². The molecule has 2 nitrogen and oxygen atoms in total. The maximum absolute atomic E-state index is 4.83. The Balaban J connectivity index is 0.000000171. The Morgan fingerprint density at radius 2 is 1.79 bits per heavy atom. The third kappa shape index (κ3) is 3.23. The van der Waals surface area contributed by atoms with Crippen molar-refractivity contribution in [1.29, 1.82) is 0 Å². The van der Waals surface area contributed by atoms with Gasteiger partial charge in [-0.05, 0) is 31.4 Å². The van der Waals surface area contributed by atoms with E-state index in [1.165, 1.54) is 10.9 Å². The maximum Gasteiger partial charge on any atom is 0.0453 e. The molecule has 76 valence electrons. The van der Waals surface area contributed by atoms with Gasteiger partial charge in [0.25, 0.3) is 0 Å². The summed E-state index contributed by atoms with van der Waals surface area (Å²) in [6.45, 7) is 5.67. The molecule has 0 aliphatic carbocycles. The predicted octanol–water partition coefficient (Wildman–Crippen LogP) is 3.21. The van der Waals surface area contributed by atoms with Gasteiger partial charge in [-0.1, -0.05) is 18.2 Å². The number of hydrogen-bond donors (Lipinski definition) is 1. The van der Waals surface area contributed by atoms with Crippen LogP contribution in [0.2, 0.25) is 0 Å². The first-order valence-electron chi connectivity index (χ1n) is 4.98. The largest absolute Gasteiger partial charge is 0.382 e. The second kappa shape index (κ2) is 6.22. The van der Waals surface area contributed by atoms with Crippen molar-refractivity contribution in [2.24, 2.45) is 0 Å². The molecule has 1 aromatic carbocycles. The van der Waals surface area contributed by atoms with Crippen LogP contribution in [-0.2, 0) is 4.74 Å². The summed E-state index contributed by atoms with van der Waals surface area (Å²) >= 11 is 0. The number of para-hydroxylation sites is 1. The summed E-state index contributed by atoms with van der Waals surface area (Å²) in [7, 11) is 0. The van der Waals surface area contributed by atoms with Gasteiger partial charge >= 0.3 is 0 Å². The Morgan fingerprint density at radius 3 is 2.36 bits per heavy atom. The topological polar surface area (TPSA) is 25.0 Å². The van der Waals surface area contributed by atoms with Crippen LogP contribution < -0.4 is 0 Å². The normalized spacial score (nSPS) is 9.57. The fourth-order valence-corrected chi connectivity index (χ4v) is 1.20. The quantitative estimate of drug-likeness (QED) is 0.774. The van der Waals surface area contributed by atoms with E-state index in [1.54, 1.807) is 0 Å². The van der Waals surface area contributed by atoms with Crippen LogP contribution in [0.3, 0.4) is 0 Å². The van der Waals surface area contributed by atoms with Gasteiger partial charge in [-0.3, -0.25) is 0 Å². The molecule has 0 aliphatic heterocycles. The first-order chi connectivity index (χ1) is 6.88. The van der Waals surface area contributed by atoms with Gasteiger partial charge in [0.2, 0.25) is 0 Å². The van der Waals surface area contributed by atoms with Gasteiger partial charge in [0, 0.05) is 24.9 Å². The van der Waals surface area contributed by atoms with E-state index in [0.29, 0.717) is 0 Å². The van der Waals surface area contributed by atoms with E-state index in [4.69, 9.17) is 4.74 Å². The lowest BCUT2D eigenvalue weighted by Gasteiger charge is -1.86. The number of rotatable bonds is 2. The van der Waals surface area contributed by atoms with Crippen LogP contribution in [0.5, 0.6) is 0 Å². The minimum atomic E-state index is 0.844. The van der Waals surface area contributed by atoms with Gasteiger partial charge in [-0.25, -0.2) is 0 Å². The van der Waals surface area contributed by atoms with E-state index >= 15 is 0 Å². The molecule has 2 rings (SSSR count). The van der Waals surface area contributed by atoms with Crippen LogP contribution >= 0.6 is 0 Å². The zero-order valence-electron chi connectivity index (χ0n) is 8.79. The fraction of sp³-hybridized carbons (Fsp3) is 0.333. The zero-order valence-corrected chi connectivity index (χ0v) is 8.79. The fourth-order valence-electron chi connectivity index (χ4n) is 1.20. The second-order valence-electron chi connectivity index (χ2n) is 2.85.